The third-order valence-electron chi connectivity index (χ3n) is 4.55. The molecule has 1 aromatic rings. The Morgan fingerprint density at radius 3 is 2.54 bits per heavy atom. The Hall–Kier alpha value is -2.15. The van der Waals surface area contributed by atoms with Gasteiger partial charge >= 0.3 is 6.09 Å². The van der Waals surface area contributed by atoms with Crippen LogP contribution < -0.4 is 14.8 Å². The molecule has 154 valence electrons. The highest BCUT2D eigenvalue weighted by Gasteiger charge is 2.27. The highest BCUT2D eigenvalue weighted by Crippen LogP contribution is 2.38. The zero-order valence-corrected chi connectivity index (χ0v) is 17.3. The van der Waals surface area contributed by atoms with E-state index in [-0.39, 0.29) is 11.9 Å². The molecule has 2 heterocycles. The molecule has 0 saturated carbocycles. The van der Waals surface area contributed by atoms with Crippen LogP contribution in [0.4, 0.5) is 4.79 Å². The van der Waals surface area contributed by atoms with E-state index >= 15 is 0 Å². The van der Waals surface area contributed by atoms with Crippen molar-refractivity contribution in [3.63, 3.8) is 0 Å². The van der Waals surface area contributed by atoms with Crippen molar-refractivity contribution in [2.45, 2.75) is 51.7 Å². The molecule has 28 heavy (non-hydrogen) atoms. The number of likely N-dealkylation sites (tertiary alicyclic amines) is 1. The summed E-state index contributed by atoms with van der Waals surface area (Å²) >= 11 is 6.30. The lowest BCUT2D eigenvalue weighted by atomic mass is 10.0. The van der Waals surface area contributed by atoms with E-state index in [9.17, 15) is 9.59 Å². The average molecular weight is 411 g/mol. The van der Waals surface area contributed by atoms with Gasteiger partial charge in [0.2, 0.25) is 0 Å². The Bertz CT molecular complexity index is 739. The van der Waals surface area contributed by atoms with Gasteiger partial charge in [-0.3, -0.25) is 4.79 Å². The summed E-state index contributed by atoms with van der Waals surface area (Å²) in [7, 11) is 0. The first-order chi connectivity index (χ1) is 13.2. The van der Waals surface area contributed by atoms with Crippen molar-refractivity contribution in [3.8, 4) is 11.5 Å². The van der Waals surface area contributed by atoms with Crippen LogP contribution >= 0.6 is 11.6 Å². The first-order valence-corrected chi connectivity index (χ1v) is 9.98. The van der Waals surface area contributed by atoms with Crippen LogP contribution in [-0.2, 0) is 4.74 Å². The first-order valence-electron chi connectivity index (χ1n) is 9.61. The van der Waals surface area contributed by atoms with Crippen molar-refractivity contribution < 1.29 is 23.8 Å². The number of hydrogen-bond acceptors (Lipinski definition) is 5. The highest BCUT2D eigenvalue weighted by atomic mass is 35.5. The zero-order valence-electron chi connectivity index (χ0n) is 16.5. The lowest BCUT2D eigenvalue weighted by Gasteiger charge is -2.33. The molecule has 0 unspecified atom stereocenters. The molecule has 7 nitrogen and oxygen atoms in total. The molecule has 0 bridgehead atoms. The SMILES string of the molecule is CC(C)(C)OC(=O)NC1CCN(C(=O)c2cc(Cl)c3c(c2)OCCCO3)CC1. The number of halogens is 1. The van der Waals surface area contributed by atoms with Crippen LogP contribution in [-0.4, -0.2) is 54.8 Å². The third-order valence-corrected chi connectivity index (χ3v) is 4.83. The van der Waals surface area contributed by atoms with Gasteiger partial charge in [0.25, 0.3) is 5.91 Å². The summed E-state index contributed by atoms with van der Waals surface area (Å²) in [5.41, 5.74) is -0.0512. The summed E-state index contributed by atoms with van der Waals surface area (Å²) in [4.78, 5) is 26.6. The van der Waals surface area contributed by atoms with Crippen LogP contribution in [0.25, 0.3) is 0 Å². The molecular formula is C20H27ClN2O5. The van der Waals surface area contributed by atoms with Crippen LogP contribution in [0, 0.1) is 0 Å². The van der Waals surface area contributed by atoms with Gasteiger partial charge in [-0.15, -0.1) is 0 Å². The number of piperidine rings is 1. The van der Waals surface area contributed by atoms with Gasteiger partial charge in [0.15, 0.2) is 11.5 Å². The molecule has 0 spiro atoms. The molecule has 0 aliphatic carbocycles. The molecule has 8 heteroatoms. The van der Waals surface area contributed by atoms with Crippen LogP contribution in [0.2, 0.25) is 5.02 Å². The number of hydrogen-bond donors (Lipinski definition) is 1. The topological polar surface area (TPSA) is 77.1 Å². The van der Waals surface area contributed by atoms with Crippen molar-refractivity contribution in [1.82, 2.24) is 10.2 Å². The maximum atomic E-state index is 12.9. The van der Waals surface area contributed by atoms with E-state index in [1.54, 1.807) is 17.0 Å². The largest absolute Gasteiger partial charge is 0.489 e. The Morgan fingerprint density at radius 2 is 1.86 bits per heavy atom. The lowest BCUT2D eigenvalue weighted by Crippen LogP contribution is -2.47. The number of benzene rings is 1. The Kier molecular flexibility index (Phi) is 6.23. The van der Waals surface area contributed by atoms with Crippen molar-refractivity contribution in [3.05, 3.63) is 22.7 Å². The molecule has 0 aromatic heterocycles. The first kappa shape index (κ1) is 20.6. The number of carbonyl (C=O) groups is 2. The number of rotatable bonds is 2. The third kappa shape index (κ3) is 5.22. The molecule has 0 atom stereocenters. The van der Waals surface area contributed by atoms with Crippen molar-refractivity contribution >= 4 is 23.6 Å². The highest BCUT2D eigenvalue weighted by molar-refractivity contribution is 6.32. The summed E-state index contributed by atoms with van der Waals surface area (Å²) in [6.07, 6.45) is 1.69. The minimum absolute atomic E-state index is 0.00809. The number of nitrogens with zero attached hydrogens (tertiary/aromatic N) is 1. The van der Waals surface area contributed by atoms with E-state index in [0.29, 0.717) is 61.2 Å². The standard InChI is InChI=1S/C20H27ClN2O5/c1-20(2,3)28-19(25)22-14-5-7-23(8-6-14)18(24)13-11-15(21)17-16(12-13)26-9-4-10-27-17/h11-12,14H,4-10H2,1-3H3,(H,22,25). The van der Waals surface area contributed by atoms with E-state index < -0.39 is 11.7 Å². The summed E-state index contributed by atoms with van der Waals surface area (Å²) < 4.78 is 16.6. The van der Waals surface area contributed by atoms with E-state index in [2.05, 4.69) is 5.32 Å². The fraction of sp³-hybridized carbons (Fsp3) is 0.600. The molecule has 1 fully saturated rings. The van der Waals surface area contributed by atoms with Crippen LogP contribution in [0.1, 0.15) is 50.4 Å². The van der Waals surface area contributed by atoms with Crippen molar-refractivity contribution in [1.29, 1.82) is 0 Å². The summed E-state index contributed by atoms with van der Waals surface area (Å²) in [5, 5.41) is 3.25. The molecule has 3 rings (SSSR count). The number of amides is 2. The Labute approximate surface area is 170 Å². The quantitative estimate of drug-likeness (QED) is 0.805. The van der Waals surface area contributed by atoms with Gasteiger partial charge in [-0.05, 0) is 45.7 Å². The summed E-state index contributed by atoms with van der Waals surface area (Å²) in [6.45, 7) is 7.65. The Balaban J connectivity index is 1.59. The van der Waals surface area contributed by atoms with Gasteiger partial charge in [-0.25, -0.2) is 4.79 Å². The predicted molar refractivity (Wildman–Crippen MR) is 105 cm³/mol. The number of alkyl carbamates (subject to hydrolysis) is 1. The van der Waals surface area contributed by atoms with Crippen molar-refractivity contribution in [2.75, 3.05) is 26.3 Å². The lowest BCUT2D eigenvalue weighted by molar-refractivity contribution is 0.0473. The molecule has 1 aromatic carbocycles. The van der Waals surface area contributed by atoms with Gasteiger partial charge in [-0.2, -0.15) is 0 Å². The molecular weight excluding hydrogens is 384 g/mol. The van der Waals surface area contributed by atoms with E-state index in [4.69, 9.17) is 25.8 Å². The van der Waals surface area contributed by atoms with Gasteiger partial charge in [-0.1, -0.05) is 11.6 Å². The van der Waals surface area contributed by atoms with E-state index in [1.165, 1.54) is 0 Å². The Morgan fingerprint density at radius 1 is 1.18 bits per heavy atom. The molecule has 2 amide bonds. The van der Waals surface area contributed by atoms with Crippen molar-refractivity contribution in [2.24, 2.45) is 0 Å². The molecule has 2 aliphatic rings. The van der Waals surface area contributed by atoms with E-state index in [0.717, 1.165) is 6.42 Å². The monoisotopic (exact) mass is 410 g/mol. The zero-order chi connectivity index (χ0) is 20.3. The molecule has 2 aliphatic heterocycles. The second-order valence-electron chi connectivity index (χ2n) is 8.05. The molecule has 0 radical (unpaired) electrons. The normalized spacial score (nSPS) is 17.6. The number of fused-ring (bicyclic) bond motifs is 1. The van der Waals surface area contributed by atoms with Gasteiger partial charge in [0, 0.05) is 31.1 Å². The number of ether oxygens (including phenoxy) is 3. The fourth-order valence-corrected chi connectivity index (χ4v) is 3.50. The van der Waals surface area contributed by atoms with Gasteiger partial charge < -0.3 is 24.4 Å². The minimum atomic E-state index is -0.531. The fourth-order valence-electron chi connectivity index (χ4n) is 3.24. The average Bonchev–Trinajstić information content (AvgIpc) is 2.86. The van der Waals surface area contributed by atoms with Gasteiger partial charge in [0.05, 0.1) is 18.2 Å². The number of carbonyl (C=O) groups excluding carboxylic acids is 2. The second kappa shape index (κ2) is 8.47. The molecule has 1 N–H and O–H groups in total. The van der Waals surface area contributed by atoms with Gasteiger partial charge in [0.1, 0.15) is 5.60 Å². The summed E-state index contributed by atoms with van der Waals surface area (Å²) in [6, 6.07) is 3.31. The predicted octanol–water partition coefficient (Wildman–Crippen LogP) is 3.63. The smallest absolute Gasteiger partial charge is 0.407 e. The second-order valence-corrected chi connectivity index (χ2v) is 8.46. The van der Waals surface area contributed by atoms with Crippen LogP contribution in [0.15, 0.2) is 12.1 Å². The minimum Gasteiger partial charge on any atom is -0.489 e. The summed E-state index contributed by atoms with van der Waals surface area (Å²) in [5.74, 6) is 0.902. The van der Waals surface area contributed by atoms with E-state index in [1.807, 2.05) is 20.8 Å². The maximum Gasteiger partial charge on any atom is 0.407 e. The maximum absolute atomic E-state index is 12.9. The number of nitrogens with one attached hydrogen (secondary N) is 1. The van der Waals surface area contributed by atoms with Crippen LogP contribution in [0.5, 0.6) is 11.5 Å². The molecule has 1 saturated heterocycles. The van der Waals surface area contributed by atoms with Crippen LogP contribution in [0.3, 0.4) is 0 Å².